The van der Waals surface area contributed by atoms with E-state index in [1.165, 1.54) is 6.42 Å². The first kappa shape index (κ1) is 15.3. The molecule has 1 amide bonds. The molecule has 2 fully saturated rings. The van der Waals surface area contributed by atoms with Gasteiger partial charge in [0.15, 0.2) is 0 Å². The molecule has 112 valence electrons. The lowest BCUT2D eigenvalue weighted by Gasteiger charge is -2.40. The quantitative estimate of drug-likeness (QED) is 0.783. The normalized spacial score (nSPS) is 25.2. The van der Waals surface area contributed by atoms with Crippen molar-refractivity contribution >= 4 is 5.91 Å². The Labute approximate surface area is 121 Å². The SMILES string of the molecule is CC(C)(C#N)N1CCN(C(=O)CC2CCCCO2)CC1. The maximum Gasteiger partial charge on any atom is 0.225 e. The minimum atomic E-state index is -0.443. The average Bonchev–Trinajstić information content (AvgIpc) is 2.48. The minimum Gasteiger partial charge on any atom is -0.378 e. The standard InChI is InChI=1S/C15H25N3O2/c1-15(2,12-16)18-8-6-17(7-9-18)14(19)11-13-5-3-4-10-20-13/h13H,3-11H2,1-2H3. The summed E-state index contributed by atoms with van der Waals surface area (Å²) < 4.78 is 5.63. The molecular formula is C15H25N3O2. The molecule has 2 rings (SSSR count). The summed E-state index contributed by atoms with van der Waals surface area (Å²) in [6.45, 7) is 7.64. The van der Waals surface area contributed by atoms with Crippen LogP contribution in [0.1, 0.15) is 39.5 Å². The van der Waals surface area contributed by atoms with Crippen molar-refractivity contribution in [2.75, 3.05) is 32.8 Å². The fourth-order valence-electron chi connectivity index (χ4n) is 2.88. The fourth-order valence-corrected chi connectivity index (χ4v) is 2.88. The van der Waals surface area contributed by atoms with E-state index in [1.807, 2.05) is 18.7 Å². The molecule has 0 aromatic carbocycles. The summed E-state index contributed by atoms with van der Waals surface area (Å²) in [5.74, 6) is 0.200. The summed E-state index contributed by atoms with van der Waals surface area (Å²) in [7, 11) is 0. The van der Waals surface area contributed by atoms with E-state index in [1.54, 1.807) is 0 Å². The summed E-state index contributed by atoms with van der Waals surface area (Å²) in [6.07, 6.45) is 3.92. The molecule has 0 radical (unpaired) electrons. The first-order valence-corrected chi connectivity index (χ1v) is 7.58. The largest absolute Gasteiger partial charge is 0.378 e. The van der Waals surface area contributed by atoms with Crippen LogP contribution in [0.3, 0.4) is 0 Å². The van der Waals surface area contributed by atoms with Crippen molar-refractivity contribution in [2.24, 2.45) is 0 Å². The lowest BCUT2D eigenvalue weighted by molar-refractivity contribution is -0.137. The third kappa shape index (κ3) is 3.71. The summed E-state index contributed by atoms with van der Waals surface area (Å²) in [4.78, 5) is 16.3. The van der Waals surface area contributed by atoms with Crippen molar-refractivity contribution in [3.05, 3.63) is 0 Å². The number of piperazine rings is 1. The van der Waals surface area contributed by atoms with E-state index >= 15 is 0 Å². The van der Waals surface area contributed by atoms with Crippen LogP contribution in [-0.4, -0.2) is 60.1 Å². The molecule has 2 aliphatic heterocycles. The smallest absolute Gasteiger partial charge is 0.225 e. The molecule has 1 unspecified atom stereocenters. The number of ether oxygens (including phenoxy) is 1. The van der Waals surface area contributed by atoms with Crippen molar-refractivity contribution in [2.45, 2.75) is 51.2 Å². The van der Waals surface area contributed by atoms with Gasteiger partial charge < -0.3 is 9.64 Å². The van der Waals surface area contributed by atoms with Gasteiger partial charge in [0.2, 0.25) is 5.91 Å². The highest BCUT2D eigenvalue weighted by Gasteiger charge is 2.31. The molecule has 0 aromatic rings. The van der Waals surface area contributed by atoms with Gasteiger partial charge in [-0.3, -0.25) is 9.69 Å². The van der Waals surface area contributed by atoms with E-state index in [-0.39, 0.29) is 12.0 Å². The van der Waals surface area contributed by atoms with Crippen molar-refractivity contribution in [3.8, 4) is 6.07 Å². The summed E-state index contributed by atoms with van der Waals surface area (Å²) in [5, 5.41) is 9.15. The molecule has 0 spiro atoms. The van der Waals surface area contributed by atoms with E-state index in [2.05, 4.69) is 11.0 Å². The van der Waals surface area contributed by atoms with Gasteiger partial charge in [-0.2, -0.15) is 5.26 Å². The number of hydrogen-bond acceptors (Lipinski definition) is 4. The van der Waals surface area contributed by atoms with Gasteiger partial charge in [0.05, 0.1) is 18.6 Å². The van der Waals surface area contributed by atoms with Gasteiger partial charge in [0, 0.05) is 32.8 Å². The number of nitriles is 1. The zero-order valence-electron chi connectivity index (χ0n) is 12.6. The third-order valence-electron chi connectivity index (χ3n) is 4.37. The van der Waals surface area contributed by atoms with Gasteiger partial charge >= 0.3 is 0 Å². The van der Waals surface area contributed by atoms with Crippen LogP contribution in [0, 0.1) is 11.3 Å². The maximum absolute atomic E-state index is 12.3. The van der Waals surface area contributed by atoms with E-state index in [0.29, 0.717) is 6.42 Å². The highest BCUT2D eigenvalue weighted by molar-refractivity contribution is 5.76. The maximum atomic E-state index is 12.3. The van der Waals surface area contributed by atoms with Gasteiger partial charge in [-0.15, -0.1) is 0 Å². The van der Waals surface area contributed by atoms with Gasteiger partial charge in [-0.25, -0.2) is 0 Å². The molecule has 0 bridgehead atoms. The highest BCUT2D eigenvalue weighted by atomic mass is 16.5. The van der Waals surface area contributed by atoms with E-state index in [0.717, 1.165) is 45.6 Å². The Kier molecular flexibility index (Phi) is 5.00. The van der Waals surface area contributed by atoms with Crippen molar-refractivity contribution < 1.29 is 9.53 Å². The van der Waals surface area contributed by atoms with Crippen LogP contribution in [0.15, 0.2) is 0 Å². The molecule has 5 nitrogen and oxygen atoms in total. The highest BCUT2D eigenvalue weighted by Crippen LogP contribution is 2.19. The third-order valence-corrected chi connectivity index (χ3v) is 4.37. The van der Waals surface area contributed by atoms with Gasteiger partial charge in [0.1, 0.15) is 5.54 Å². The first-order valence-electron chi connectivity index (χ1n) is 7.58. The Balaban J connectivity index is 1.78. The van der Waals surface area contributed by atoms with Crippen LogP contribution >= 0.6 is 0 Å². The Morgan fingerprint density at radius 1 is 1.30 bits per heavy atom. The minimum absolute atomic E-state index is 0.116. The van der Waals surface area contributed by atoms with Crippen LogP contribution in [-0.2, 0) is 9.53 Å². The molecule has 1 atom stereocenters. The molecule has 0 aliphatic carbocycles. The van der Waals surface area contributed by atoms with Crippen LogP contribution in [0.25, 0.3) is 0 Å². The molecule has 2 saturated heterocycles. The van der Waals surface area contributed by atoms with Crippen molar-refractivity contribution in [3.63, 3.8) is 0 Å². The Hall–Kier alpha value is -1.12. The zero-order chi connectivity index (χ0) is 14.6. The van der Waals surface area contributed by atoms with E-state index < -0.39 is 5.54 Å². The second-order valence-electron chi connectivity index (χ2n) is 6.23. The molecule has 2 heterocycles. The molecule has 0 aromatic heterocycles. The number of amides is 1. The lowest BCUT2D eigenvalue weighted by atomic mass is 10.0. The zero-order valence-corrected chi connectivity index (χ0v) is 12.6. The first-order chi connectivity index (χ1) is 9.53. The molecule has 20 heavy (non-hydrogen) atoms. The number of hydrogen-bond donors (Lipinski definition) is 0. The van der Waals surface area contributed by atoms with Crippen LogP contribution < -0.4 is 0 Å². The molecule has 0 N–H and O–H groups in total. The average molecular weight is 279 g/mol. The lowest BCUT2D eigenvalue weighted by Crippen LogP contribution is -2.55. The van der Waals surface area contributed by atoms with Crippen LogP contribution in [0.5, 0.6) is 0 Å². The van der Waals surface area contributed by atoms with E-state index in [4.69, 9.17) is 10.00 Å². The fraction of sp³-hybridized carbons (Fsp3) is 0.867. The Morgan fingerprint density at radius 2 is 2.00 bits per heavy atom. The summed E-state index contributed by atoms with van der Waals surface area (Å²) in [6, 6.07) is 2.32. The number of rotatable bonds is 3. The Bertz CT molecular complexity index is 375. The molecule has 2 aliphatic rings. The number of carbonyl (C=O) groups is 1. The van der Waals surface area contributed by atoms with Crippen LogP contribution in [0.4, 0.5) is 0 Å². The summed E-state index contributed by atoms with van der Waals surface area (Å²) in [5.41, 5.74) is -0.443. The van der Waals surface area contributed by atoms with Crippen molar-refractivity contribution in [1.29, 1.82) is 5.26 Å². The number of nitrogens with zero attached hydrogens (tertiary/aromatic N) is 3. The van der Waals surface area contributed by atoms with Gasteiger partial charge in [0.25, 0.3) is 0 Å². The van der Waals surface area contributed by atoms with E-state index in [9.17, 15) is 4.79 Å². The Morgan fingerprint density at radius 3 is 2.55 bits per heavy atom. The number of carbonyl (C=O) groups excluding carboxylic acids is 1. The topological polar surface area (TPSA) is 56.6 Å². The molecule has 0 saturated carbocycles. The second kappa shape index (κ2) is 6.55. The predicted molar refractivity (Wildman–Crippen MR) is 76.1 cm³/mol. The van der Waals surface area contributed by atoms with Crippen molar-refractivity contribution in [1.82, 2.24) is 9.80 Å². The predicted octanol–water partition coefficient (Wildman–Crippen LogP) is 1.39. The van der Waals surface area contributed by atoms with Crippen LogP contribution in [0.2, 0.25) is 0 Å². The second-order valence-corrected chi connectivity index (χ2v) is 6.23. The summed E-state index contributed by atoms with van der Waals surface area (Å²) >= 11 is 0. The molecular weight excluding hydrogens is 254 g/mol. The van der Waals surface area contributed by atoms with Gasteiger partial charge in [-0.1, -0.05) is 0 Å². The molecule has 5 heteroatoms. The monoisotopic (exact) mass is 279 g/mol. The van der Waals surface area contributed by atoms with Gasteiger partial charge in [-0.05, 0) is 33.1 Å².